The van der Waals surface area contributed by atoms with Crippen molar-refractivity contribution in [3.05, 3.63) is 53.4 Å². The van der Waals surface area contributed by atoms with Gasteiger partial charge in [-0.25, -0.2) is 0 Å². The summed E-state index contributed by atoms with van der Waals surface area (Å²) in [5, 5.41) is 22.8. The summed E-state index contributed by atoms with van der Waals surface area (Å²) in [6, 6.07) is 7.56. The van der Waals surface area contributed by atoms with Crippen molar-refractivity contribution in [1.29, 1.82) is 0 Å². The third kappa shape index (κ3) is 3.26. The highest BCUT2D eigenvalue weighted by molar-refractivity contribution is 5.93. The first-order valence-electron chi connectivity index (χ1n) is 9.17. The van der Waals surface area contributed by atoms with E-state index in [2.05, 4.69) is 30.8 Å². The van der Waals surface area contributed by atoms with Crippen molar-refractivity contribution in [1.82, 2.24) is 39.9 Å². The number of aromatic nitrogens is 7. The molecule has 0 aromatic carbocycles. The number of pyridine rings is 1. The van der Waals surface area contributed by atoms with E-state index in [9.17, 15) is 4.79 Å². The number of nitrogens with one attached hydrogen (secondary N) is 2. The summed E-state index contributed by atoms with van der Waals surface area (Å²) in [7, 11) is 1.89. The van der Waals surface area contributed by atoms with E-state index < -0.39 is 0 Å². The van der Waals surface area contributed by atoms with Crippen LogP contribution in [0.3, 0.4) is 0 Å². The van der Waals surface area contributed by atoms with Gasteiger partial charge in [0.1, 0.15) is 11.5 Å². The number of aryl methyl sites for hydroxylation is 3. The molecule has 4 heterocycles. The number of carbonyl (C=O) groups excluding carboxylic acids is 1. The van der Waals surface area contributed by atoms with Gasteiger partial charge in [0.2, 0.25) is 0 Å². The fraction of sp³-hybridized carbons (Fsp3) is 0.316. The average molecular weight is 378 g/mol. The number of nitrogens with zero attached hydrogens (tertiary/aromatic N) is 6. The summed E-state index contributed by atoms with van der Waals surface area (Å²) < 4.78 is 3.77. The normalized spacial score (nSPS) is 11.2. The summed E-state index contributed by atoms with van der Waals surface area (Å²) in [5.41, 5.74) is 4.84. The first-order chi connectivity index (χ1) is 13.5. The first kappa shape index (κ1) is 17.9. The summed E-state index contributed by atoms with van der Waals surface area (Å²) >= 11 is 0. The van der Waals surface area contributed by atoms with E-state index in [1.807, 2.05) is 54.4 Å². The van der Waals surface area contributed by atoms with Gasteiger partial charge in [0.25, 0.3) is 5.91 Å². The molecule has 9 nitrogen and oxygen atoms in total. The molecular formula is C19H22N8O. The number of carbonyl (C=O) groups is 1. The molecular weight excluding hydrogens is 356 g/mol. The van der Waals surface area contributed by atoms with E-state index in [1.54, 1.807) is 6.07 Å². The van der Waals surface area contributed by atoms with Crippen LogP contribution in [0.5, 0.6) is 0 Å². The molecule has 0 radical (unpaired) electrons. The lowest BCUT2D eigenvalue weighted by Gasteiger charge is -2.03. The Morgan fingerprint density at radius 1 is 1.25 bits per heavy atom. The van der Waals surface area contributed by atoms with Gasteiger partial charge < -0.3 is 5.32 Å². The van der Waals surface area contributed by atoms with Crippen LogP contribution in [0.15, 0.2) is 30.5 Å². The van der Waals surface area contributed by atoms with E-state index >= 15 is 0 Å². The Balaban J connectivity index is 1.35. The number of rotatable bonds is 6. The second-order valence-corrected chi connectivity index (χ2v) is 6.74. The molecule has 0 fully saturated rings. The highest BCUT2D eigenvalue weighted by Crippen LogP contribution is 2.25. The molecule has 0 bridgehead atoms. The number of fused-ring (bicyclic) bond motifs is 1. The first-order valence-corrected chi connectivity index (χ1v) is 9.17. The van der Waals surface area contributed by atoms with Crippen molar-refractivity contribution < 1.29 is 4.79 Å². The SMILES string of the molecule is Cc1nn(C)c(C)c1-c1cc(C(=O)NCCCc2nnc3ccccn23)[nH]n1. The molecule has 4 rings (SSSR count). The van der Waals surface area contributed by atoms with E-state index in [0.29, 0.717) is 12.2 Å². The molecule has 0 aliphatic rings. The molecule has 4 aromatic rings. The molecule has 0 unspecified atom stereocenters. The van der Waals surface area contributed by atoms with E-state index in [0.717, 1.165) is 47.0 Å². The van der Waals surface area contributed by atoms with Gasteiger partial charge in [0, 0.05) is 37.5 Å². The van der Waals surface area contributed by atoms with Crippen LogP contribution in [-0.4, -0.2) is 47.0 Å². The summed E-state index contributed by atoms with van der Waals surface area (Å²) in [5.74, 6) is 0.709. The van der Waals surface area contributed by atoms with Crippen molar-refractivity contribution >= 4 is 11.6 Å². The molecule has 28 heavy (non-hydrogen) atoms. The minimum Gasteiger partial charge on any atom is -0.351 e. The lowest BCUT2D eigenvalue weighted by atomic mass is 10.1. The molecule has 4 aromatic heterocycles. The second-order valence-electron chi connectivity index (χ2n) is 6.74. The van der Waals surface area contributed by atoms with Gasteiger partial charge in [-0.2, -0.15) is 10.2 Å². The average Bonchev–Trinajstić information content (AvgIpc) is 3.38. The highest BCUT2D eigenvalue weighted by atomic mass is 16.1. The third-order valence-electron chi connectivity index (χ3n) is 4.83. The number of H-pyrrole nitrogens is 1. The van der Waals surface area contributed by atoms with Gasteiger partial charge in [-0.1, -0.05) is 6.07 Å². The standard InChI is InChI=1S/C19H22N8O/c1-12-18(13(2)26(3)25-12)14-11-15(22-21-14)19(28)20-9-6-8-17-24-23-16-7-4-5-10-27(16)17/h4-5,7,10-11H,6,8-9H2,1-3H3,(H,20,28)(H,21,22). The Kier molecular flexibility index (Phi) is 4.64. The summed E-state index contributed by atoms with van der Waals surface area (Å²) in [6.45, 7) is 4.46. The Bertz CT molecular complexity index is 1140. The molecule has 9 heteroatoms. The van der Waals surface area contributed by atoms with Crippen molar-refractivity contribution in [2.75, 3.05) is 6.54 Å². The van der Waals surface area contributed by atoms with E-state index in [4.69, 9.17) is 0 Å². The lowest BCUT2D eigenvalue weighted by Crippen LogP contribution is -2.25. The maximum Gasteiger partial charge on any atom is 0.269 e. The van der Waals surface area contributed by atoms with Gasteiger partial charge in [-0.3, -0.25) is 19.0 Å². The van der Waals surface area contributed by atoms with E-state index in [-0.39, 0.29) is 5.91 Å². The van der Waals surface area contributed by atoms with Crippen molar-refractivity contribution in [2.45, 2.75) is 26.7 Å². The van der Waals surface area contributed by atoms with E-state index in [1.165, 1.54) is 0 Å². The zero-order chi connectivity index (χ0) is 19.7. The molecule has 0 atom stereocenters. The predicted molar refractivity (Wildman–Crippen MR) is 104 cm³/mol. The monoisotopic (exact) mass is 378 g/mol. The van der Waals surface area contributed by atoms with Gasteiger partial charge in [0.15, 0.2) is 5.65 Å². The second kappa shape index (κ2) is 7.26. The quantitative estimate of drug-likeness (QED) is 0.498. The molecule has 0 saturated heterocycles. The number of aromatic amines is 1. The third-order valence-corrected chi connectivity index (χ3v) is 4.83. The van der Waals surface area contributed by atoms with Gasteiger partial charge in [0.05, 0.1) is 11.4 Å². The molecule has 0 aliphatic carbocycles. The van der Waals surface area contributed by atoms with Crippen LogP contribution in [0, 0.1) is 13.8 Å². The van der Waals surface area contributed by atoms with Crippen LogP contribution < -0.4 is 5.32 Å². The molecule has 144 valence electrons. The minimum absolute atomic E-state index is 0.177. The molecule has 0 saturated carbocycles. The number of hydrogen-bond acceptors (Lipinski definition) is 5. The Morgan fingerprint density at radius 3 is 2.89 bits per heavy atom. The van der Waals surface area contributed by atoms with Gasteiger partial charge in [-0.05, 0) is 38.5 Å². The van der Waals surface area contributed by atoms with Crippen molar-refractivity contribution in [2.24, 2.45) is 7.05 Å². The molecule has 2 N–H and O–H groups in total. The zero-order valence-corrected chi connectivity index (χ0v) is 16.1. The van der Waals surface area contributed by atoms with Crippen LogP contribution in [0.25, 0.3) is 16.9 Å². The van der Waals surface area contributed by atoms with Crippen molar-refractivity contribution in [3.63, 3.8) is 0 Å². The maximum atomic E-state index is 12.4. The van der Waals surface area contributed by atoms with Crippen molar-refractivity contribution in [3.8, 4) is 11.3 Å². The smallest absolute Gasteiger partial charge is 0.269 e. The molecule has 0 aliphatic heterocycles. The summed E-state index contributed by atoms with van der Waals surface area (Å²) in [4.78, 5) is 12.4. The van der Waals surface area contributed by atoms with Crippen LogP contribution in [-0.2, 0) is 13.5 Å². The minimum atomic E-state index is -0.177. The predicted octanol–water partition coefficient (Wildman–Crippen LogP) is 1.83. The maximum absolute atomic E-state index is 12.4. The van der Waals surface area contributed by atoms with Crippen LogP contribution in [0.4, 0.5) is 0 Å². The van der Waals surface area contributed by atoms with Crippen LogP contribution >= 0.6 is 0 Å². The molecule has 1 amide bonds. The van der Waals surface area contributed by atoms with Crippen LogP contribution in [0.1, 0.15) is 34.1 Å². The van der Waals surface area contributed by atoms with Gasteiger partial charge >= 0.3 is 0 Å². The molecule has 0 spiro atoms. The lowest BCUT2D eigenvalue weighted by molar-refractivity contribution is 0.0948. The van der Waals surface area contributed by atoms with Gasteiger partial charge in [-0.15, -0.1) is 10.2 Å². The Morgan fingerprint density at radius 2 is 2.11 bits per heavy atom. The topological polar surface area (TPSA) is 106 Å². The number of amides is 1. The summed E-state index contributed by atoms with van der Waals surface area (Å²) in [6.07, 6.45) is 3.44. The fourth-order valence-corrected chi connectivity index (χ4v) is 3.32. The zero-order valence-electron chi connectivity index (χ0n) is 16.1. The Hall–Kier alpha value is -3.49. The fourth-order valence-electron chi connectivity index (χ4n) is 3.32. The Labute approximate surface area is 161 Å². The highest BCUT2D eigenvalue weighted by Gasteiger charge is 2.17. The largest absolute Gasteiger partial charge is 0.351 e. The van der Waals surface area contributed by atoms with Crippen LogP contribution in [0.2, 0.25) is 0 Å². The number of hydrogen-bond donors (Lipinski definition) is 2.